The maximum Gasteiger partial charge on any atom is 0.252 e. The molecule has 0 radical (unpaired) electrons. The Morgan fingerprint density at radius 3 is 2.50 bits per heavy atom. The van der Waals surface area contributed by atoms with Crippen LogP contribution in [0.3, 0.4) is 0 Å². The maximum absolute atomic E-state index is 12.8. The van der Waals surface area contributed by atoms with Crippen LogP contribution in [0, 0.1) is 6.92 Å². The minimum Gasteiger partial charge on any atom is -0.294 e. The van der Waals surface area contributed by atoms with E-state index in [1.807, 2.05) is 55.5 Å². The molecule has 1 aliphatic rings. The minimum absolute atomic E-state index is 0.0861. The molecule has 138 valence electrons. The number of halogens is 1. The van der Waals surface area contributed by atoms with Gasteiger partial charge < -0.3 is 0 Å². The van der Waals surface area contributed by atoms with Gasteiger partial charge in [-0.25, -0.2) is 9.50 Å². The summed E-state index contributed by atoms with van der Waals surface area (Å²) in [4.78, 5) is 22.0. The molecule has 4 aromatic rings. The lowest BCUT2D eigenvalue weighted by atomic mass is 9.82. The normalized spacial score (nSPS) is 16.4. The van der Waals surface area contributed by atoms with E-state index in [0.29, 0.717) is 35.0 Å². The third-order valence-electron chi connectivity index (χ3n) is 5.23. The number of aromatic nitrogens is 4. The first-order chi connectivity index (χ1) is 13.6. The quantitative estimate of drug-likeness (QED) is 0.500. The molecule has 2 heterocycles. The number of nitrogens with zero attached hydrogens (tertiary/aromatic N) is 4. The van der Waals surface area contributed by atoms with Crippen LogP contribution in [0.1, 0.15) is 39.5 Å². The molecule has 28 heavy (non-hydrogen) atoms. The number of benzene rings is 2. The number of hydrogen-bond acceptors (Lipinski definition) is 4. The highest BCUT2D eigenvalue weighted by molar-refractivity contribution is 6.30. The largest absolute Gasteiger partial charge is 0.294 e. The number of fused-ring (bicyclic) bond motifs is 2. The Labute approximate surface area is 167 Å². The van der Waals surface area contributed by atoms with Crippen molar-refractivity contribution in [2.24, 2.45) is 0 Å². The molecule has 1 atom stereocenters. The van der Waals surface area contributed by atoms with Gasteiger partial charge in [0, 0.05) is 23.2 Å². The molecule has 2 aromatic heterocycles. The Morgan fingerprint density at radius 2 is 1.75 bits per heavy atom. The minimum atomic E-state index is 0.0861. The smallest absolute Gasteiger partial charge is 0.252 e. The van der Waals surface area contributed by atoms with Crippen molar-refractivity contribution in [3.05, 3.63) is 82.1 Å². The van der Waals surface area contributed by atoms with Crippen molar-refractivity contribution < 1.29 is 4.79 Å². The van der Waals surface area contributed by atoms with Gasteiger partial charge in [-0.3, -0.25) is 4.79 Å². The Kier molecular flexibility index (Phi) is 3.98. The number of aryl methyl sites for hydroxylation is 1. The van der Waals surface area contributed by atoms with Gasteiger partial charge in [0.15, 0.2) is 11.6 Å². The van der Waals surface area contributed by atoms with Crippen LogP contribution >= 0.6 is 11.6 Å². The molecule has 0 spiro atoms. The lowest BCUT2D eigenvalue weighted by molar-refractivity contribution is 0.0962. The summed E-state index contributed by atoms with van der Waals surface area (Å²) < 4.78 is 1.61. The summed E-state index contributed by atoms with van der Waals surface area (Å²) in [5.74, 6) is 1.31. The number of rotatable bonds is 2. The van der Waals surface area contributed by atoms with E-state index in [2.05, 4.69) is 15.1 Å². The van der Waals surface area contributed by atoms with Crippen LogP contribution in [-0.4, -0.2) is 25.4 Å². The molecule has 0 saturated heterocycles. The summed E-state index contributed by atoms with van der Waals surface area (Å²) in [5, 5.41) is 5.21. The van der Waals surface area contributed by atoms with Gasteiger partial charge in [-0.15, -0.1) is 5.10 Å². The number of carbonyl (C=O) groups is 1. The second-order valence-electron chi connectivity index (χ2n) is 7.23. The van der Waals surface area contributed by atoms with Gasteiger partial charge in [0.25, 0.3) is 5.78 Å². The van der Waals surface area contributed by atoms with E-state index in [1.54, 1.807) is 10.7 Å². The highest BCUT2D eigenvalue weighted by Crippen LogP contribution is 2.32. The summed E-state index contributed by atoms with van der Waals surface area (Å²) in [6.07, 6.45) is 2.93. The summed E-state index contributed by atoms with van der Waals surface area (Å²) in [7, 11) is 0. The van der Waals surface area contributed by atoms with Gasteiger partial charge in [0.2, 0.25) is 0 Å². The first-order valence-electron chi connectivity index (χ1n) is 9.19. The number of Topliss-reactive ketones (excluding diaryl/α,β-unsaturated/α-hetero) is 1. The zero-order chi connectivity index (χ0) is 19.3. The number of carbonyl (C=O) groups excluding carboxylic acids is 1. The highest BCUT2D eigenvalue weighted by atomic mass is 35.5. The van der Waals surface area contributed by atoms with Gasteiger partial charge in [-0.05, 0) is 37.0 Å². The molecule has 6 heteroatoms. The molecule has 0 unspecified atom stereocenters. The second kappa shape index (κ2) is 6.53. The molecule has 5 nitrogen and oxygen atoms in total. The summed E-state index contributed by atoms with van der Waals surface area (Å²) in [6, 6.07) is 15.7. The van der Waals surface area contributed by atoms with Crippen LogP contribution in [0.5, 0.6) is 0 Å². The van der Waals surface area contributed by atoms with Crippen molar-refractivity contribution in [3.8, 4) is 11.4 Å². The molecule has 0 N–H and O–H groups in total. The predicted octanol–water partition coefficient (Wildman–Crippen LogP) is 4.67. The van der Waals surface area contributed by atoms with Crippen molar-refractivity contribution in [2.75, 3.05) is 0 Å². The molecular formula is C22H17ClN4O. The zero-order valence-corrected chi connectivity index (χ0v) is 16.0. The van der Waals surface area contributed by atoms with Crippen LogP contribution in [0.2, 0.25) is 5.02 Å². The third-order valence-corrected chi connectivity index (χ3v) is 5.49. The molecule has 2 aromatic carbocycles. The standard InChI is InChI=1S/C22H17ClN4O/c1-13-2-4-15(5-3-13)21-25-22-24-19-10-16(14-6-8-17(23)9-7-14)11-20(28)18(19)12-27(22)26-21/h2-9,12,16H,10-11H2,1H3/t16-/m0/s1. The number of ketones is 1. The van der Waals surface area contributed by atoms with Gasteiger partial charge in [-0.1, -0.05) is 53.6 Å². The van der Waals surface area contributed by atoms with E-state index in [4.69, 9.17) is 11.6 Å². The average Bonchev–Trinajstić information content (AvgIpc) is 3.10. The van der Waals surface area contributed by atoms with Gasteiger partial charge in [0.1, 0.15) is 0 Å². The Balaban J connectivity index is 1.53. The maximum atomic E-state index is 12.8. The van der Waals surface area contributed by atoms with E-state index in [-0.39, 0.29) is 11.7 Å². The Hall–Kier alpha value is -3.05. The molecule has 0 fully saturated rings. The number of hydrogen-bond donors (Lipinski definition) is 0. The van der Waals surface area contributed by atoms with Gasteiger partial charge >= 0.3 is 0 Å². The van der Waals surface area contributed by atoms with Crippen LogP contribution in [0.4, 0.5) is 0 Å². The van der Waals surface area contributed by atoms with E-state index in [0.717, 1.165) is 16.8 Å². The van der Waals surface area contributed by atoms with Gasteiger partial charge in [0.05, 0.1) is 11.3 Å². The summed E-state index contributed by atoms with van der Waals surface area (Å²) in [5.41, 5.74) is 4.64. The van der Waals surface area contributed by atoms with Crippen molar-refractivity contribution in [3.63, 3.8) is 0 Å². The molecular weight excluding hydrogens is 372 g/mol. The van der Waals surface area contributed by atoms with Crippen LogP contribution in [-0.2, 0) is 6.42 Å². The SMILES string of the molecule is Cc1ccc(-c2nc3nc4c(cn3n2)C(=O)C[C@@H](c2ccc(Cl)cc2)C4)cc1. The fourth-order valence-corrected chi connectivity index (χ4v) is 3.81. The van der Waals surface area contributed by atoms with E-state index in [1.165, 1.54) is 5.56 Å². The predicted molar refractivity (Wildman–Crippen MR) is 108 cm³/mol. The molecule has 1 aliphatic carbocycles. The van der Waals surface area contributed by atoms with E-state index < -0.39 is 0 Å². The molecule has 0 saturated carbocycles. The lowest BCUT2D eigenvalue weighted by Crippen LogP contribution is -2.21. The van der Waals surface area contributed by atoms with E-state index >= 15 is 0 Å². The van der Waals surface area contributed by atoms with Crippen molar-refractivity contribution in [2.45, 2.75) is 25.7 Å². The lowest BCUT2D eigenvalue weighted by Gasteiger charge is -2.23. The monoisotopic (exact) mass is 388 g/mol. The first-order valence-corrected chi connectivity index (χ1v) is 9.56. The third kappa shape index (κ3) is 2.98. The second-order valence-corrected chi connectivity index (χ2v) is 7.66. The van der Waals surface area contributed by atoms with Gasteiger partial charge in [-0.2, -0.15) is 4.98 Å². The van der Waals surface area contributed by atoms with Crippen LogP contribution in [0.25, 0.3) is 17.2 Å². The molecule has 0 aliphatic heterocycles. The first kappa shape index (κ1) is 17.1. The zero-order valence-electron chi connectivity index (χ0n) is 15.3. The summed E-state index contributed by atoms with van der Waals surface area (Å²) in [6.45, 7) is 2.04. The van der Waals surface area contributed by atoms with Crippen molar-refractivity contribution in [1.29, 1.82) is 0 Å². The molecule has 0 bridgehead atoms. The molecule has 0 amide bonds. The topological polar surface area (TPSA) is 60.1 Å². The fourth-order valence-electron chi connectivity index (χ4n) is 3.68. The Bertz CT molecular complexity index is 1200. The van der Waals surface area contributed by atoms with Crippen LogP contribution < -0.4 is 0 Å². The summed E-state index contributed by atoms with van der Waals surface area (Å²) >= 11 is 5.99. The van der Waals surface area contributed by atoms with Crippen molar-refractivity contribution >= 4 is 23.2 Å². The average molecular weight is 389 g/mol. The Morgan fingerprint density at radius 1 is 1.00 bits per heavy atom. The van der Waals surface area contributed by atoms with E-state index in [9.17, 15) is 4.79 Å². The van der Waals surface area contributed by atoms with Crippen molar-refractivity contribution in [1.82, 2.24) is 19.6 Å². The fraction of sp³-hybridized carbons (Fsp3) is 0.182. The molecule has 5 rings (SSSR count). The van der Waals surface area contributed by atoms with Crippen LogP contribution in [0.15, 0.2) is 54.7 Å². The highest BCUT2D eigenvalue weighted by Gasteiger charge is 2.28.